The second-order valence-electron chi connectivity index (χ2n) is 2.27. The van der Waals surface area contributed by atoms with Crippen molar-refractivity contribution in [2.75, 3.05) is 11.9 Å². The van der Waals surface area contributed by atoms with Gasteiger partial charge in [0.2, 0.25) is 0 Å². The van der Waals surface area contributed by atoms with E-state index in [-0.39, 0.29) is 5.56 Å². The number of aromatic amines is 1. The lowest BCUT2D eigenvalue weighted by Gasteiger charge is -2.04. The standard InChI is InChI=1S/C7H7BrIN3O/c1-4(8)2-10-6-5(9)7(13)12-3-11-6/h3H,1-2H2,(H2,10,11,12,13). The van der Waals surface area contributed by atoms with Gasteiger partial charge in [-0.25, -0.2) is 4.98 Å². The molecule has 0 aliphatic rings. The van der Waals surface area contributed by atoms with Crippen LogP contribution in [0.5, 0.6) is 0 Å². The van der Waals surface area contributed by atoms with Gasteiger partial charge in [-0.05, 0) is 22.6 Å². The number of anilines is 1. The molecule has 0 aromatic carbocycles. The van der Waals surface area contributed by atoms with Crippen LogP contribution in [0.2, 0.25) is 0 Å². The molecular weight excluding hydrogens is 349 g/mol. The summed E-state index contributed by atoms with van der Waals surface area (Å²) in [5.74, 6) is 0.574. The number of hydrogen-bond donors (Lipinski definition) is 2. The highest BCUT2D eigenvalue weighted by molar-refractivity contribution is 14.1. The van der Waals surface area contributed by atoms with Crippen LogP contribution in [0.25, 0.3) is 0 Å². The zero-order valence-corrected chi connectivity index (χ0v) is 10.3. The molecule has 1 aromatic heterocycles. The van der Waals surface area contributed by atoms with Gasteiger partial charge in [0.15, 0.2) is 0 Å². The summed E-state index contributed by atoms with van der Waals surface area (Å²) in [6.07, 6.45) is 1.36. The van der Waals surface area contributed by atoms with E-state index < -0.39 is 0 Å². The van der Waals surface area contributed by atoms with E-state index in [0.29, 0.717) is 15.9 Å². The molecule has 0 atom stereocenters. The molecule has 0 radical (unpaired) electrons. The molecule has 4 nitrogen and oxygen atoms in total. The predicted octanol–water partition coefficient (Wildman–Crippen LogP) is 1.69. The molecule has 6 heteroatoms. The van der Waals surface area contributed by atoms with E-state index in [1.54, 1.807) is 0 Å². The fourth-order valence-electron chi connectivity index (χ4n) is 0.686. The summed E-state index contributed by atoms with van der Waals surface area (Å²) in [5, 5.41) is 2.97. The Labute approximate surface area is 97.1 Å². The van der Waals surface area contributed by atoms with Crippen LogP contribution in [0.3, 0.4) is 0 Å². The Morgan fingerprint density at radius 1 is 1.85 bits per heavy atom. The van der Waals surface area contributed by atoms with Gasteiger partial charge in [0, 0.05) is 11.0 Å². The maximum atomic E-state index is 11.1. The van der Waals surface area contributed by atoms with Crippen molar-refractivity contribution in [3.63, 3.8) is 0 Å². The van der Waals surface area contributed by atoms with Crippen LogP contribution in [-0.4, -0.2) is 16.5 Å². The van der Waals surface area contributed by atoms with Crippen LogP contribution in [0.15, 0.2) is 22.2 Å². The van der Waals surface area contributed by atoms with Gasteiger partial charge in [-0.15, -0.1) is 0 Å². The normalized spacial score (nSPS) is 9.69. The minimum Gasteiger partial charge on any atom is -0.364 e. The molecular formula is C7H7BrIN3O. The Kier molecular flexibility index (Phi) is 3.91. The molecule has 0 bridgehead atoms. The maximum absolute atomic E-state index is 11.1. The number of hydrogen-bond acceptors (Lipinski definition) is 3. The zero-order valence-electron chi connectivity index (χ0n) is 6.60. The molecule has 0 fully saturated rings. The van der Waals surface area contributed by atoms with Gasteiger partial charge in [0.25, 0.3) is 5.56 Å². The molecule has 0 aliphatic heterocycles. The van der Waals surface area contributed by atoms with Crippen molar-refractivity contribution in [3.05, 3.63) is 31.3 Å². The fraction of sp³-hybridized carbons (Fsp3) is 0.143. The Morgan fingerprint density at radius 3 is 3.15 bits per heavy atom. The predicted molar refractivity (Wildman–Crippen MR) is 64.1 cm³/mol. The fourth-order valence-corrected chi connectivity index (χ4v) is 1.31. The third kappa shape index (κ3) is 3.11. The van der Waals surface area contributed by atoms with Gasteiger partial charge in [0.05, 0.1) is 6.33 Å². The minimum absolute atomic E-state index is 0.140. The first-order valence-electron chi connectivity index (χ1n) is 3.41. The first-order chi connectivity index (χ1) is 6.11. The summed E-state index contributed by atoms with van der Waals surface area (Å²) in [4.78, 5) is 17.6. The number of rotatable bonds is 3. The summed E-state index contributed by atoms with van der Waals surface area (Å²) in [5.41, 5.74) is -0.140. The van der Waals surface area contributed by atoms with Crippen LogP contribution < -0.4 is 10.9 Å². The van der Waals surface area contributed by atoms with E-state index in [2.05, 4.69) is 37.8 Å². The Morgan fingerprint density at radius 2 is 2.54 bits per heavy atom. The molecule has 1 rings (SSSR count). The van der Waals surface area contributed by atoms with Gasteiger partial charge in [-0.2, -0.15) is 0 Å². The van der Waals surface area contributed by atoms with Gasteiger partial charge >= 0.3 is 0 Å². The van der Waals surface area contributed by atoms with Crippen LogP contribution >= 0.6 is 38.5 Å². The van der Waals surface area contributed by atoms with Crippen LogP contribution in [0.4, 0.5) is 5.82 Å². The number of aromatic nitrogens is 2. The lowest BCUT2D eigenvalue weighted by atomic mass is 10.5. The number of halogens is 2. The summed E-state index contributed by atoms with van der Waals surface area (Å²) >= 11 is 5.14. The summed E-state index contributed by atoms with van der Waals surface area (Å²) in [6.45, 7) is 4.21. The highest BCUT2D eigenvalue weighted by Gasteiger charge is 2.03. The molecule has 0 spiro atoms. The monoisotopic (exact) mass is 355 g/mol. The van der Waals surface area contributed by atoms with E-state index in [1.807, 2.05) is 22.6 Å². The lowest BCUT2D eigenvalue weighted by molar-refractivity contribution is 1.08. The molecule has 0 amide bonds. The SMILES string of the molecule is C=C(Br)CNc1nc[nH]c(=O)c1I. The van der Waals surface area contributed by atoms with Gasteiger partial charge in [-0.3, -0.25) is 4.79 Å². The molecule has 0 saturated carbocycles. The van der Waals surface area contributed by atoms with Crippen molar-refractivity contribution in [2.45, 2.75) is 0 Å². The van der Waals surface area contributed by atoms with E-state index in [1.165, 1.54) is 6.33 Å². The zero-order chi connectivity index (χ0) is 9.84. The van der Waals surface area contributed by atoms with Gasteiger partial charge in [0.1, 0.15) is 9.39 Å². The highest BCUT2D eigenvalue weighted by Crippen LogP contribution is 2.10. The highest BCUT2D eigenvalue weighted by atomic mass is 127. The lowest BCUT2D eigenvalue weighted by Crippen LogP contribution is -2.15. The van der Waals surface area contributed by atoms with Crippen molar-refractivity contribution in [1.29, 1.82) is 0 Å². The Hall–Kier alpha value is -0.370. The largest absolute Gasteiger partial charge is 0.364 e. The molecule has 1 heterocycles. The van der Waals surface area contributed by atoms with Crippen molar-refractivity contribution in [1.82, 2.24) is 9.97 Å². The first-order valence-corrected chi connectivity index (χ1v) is 5.28. The maximum Gasteiger partial charge on any atom is 0.266 e. The van der Waals surface area contributed by atoms with Crippen molar-refractivity contribution in [2.24, 2.45) is 0 Å². The van der Waals surface area contributed by atoms with Crippen LogP contribution in [0, 0.1) is 3.57 Å². The second-order valence-corrected chi connectivity index (χ2v) is 4.47. The molecule has 70 valence electrons. The third-order valence-corrected chi connectivity index (χ3v) is 2.53. The molecule has 0 aliphatic carbocycles. The summed E-state index contributed by atoms with van der Waals surface area (Å²) in [7, 11) is 0. The average Bonchev–Trinajstić information content (AvgIpc) is 2.07. The number of H-pyrrole nitrogens is 1. The van der Waals surface area contributed by atoms with E-state index in [4.69, 9.17) is 0 Å². The van der Waals surface area contributed by atoms with Crippen LogP contribution in [-0.2, 0) is 0 Å². The van der Waals surface area contributed by atoms with Gasteiger partial charge in [-0.1, -0.05) is 22.5 Å². The topological polar surface area (TPSA) is 57.8 Å². The summed E-state index contributed by atoms with van der Waals surface area (Å²) < 4.78 is 1.36. The van der Waals surface area contributed by atoms with E-state index in [9.17, 15) is 4.79 Å². The Bertz CT molecular complexity index is 376. The Balaban J connectivity index is 2.83. The molecule has 13 heavy (non-hydrogen) atoms. The average molecular weight is 356 g/mol. The molecule has 1 aromatic rings. The molecule has 0 saturated heterocycles. The van der Waals surface area contributed by atoms with Crippen LogP contribution in [0.1, 0.15) is 0 Å². The minimum atomic E-state index is -0.140. The van der Waals surface area contributed by atoms with Gasteiger partial charge < -0.3 is 10.3 Å². The number of nitrogens with zero attached hydrogens (tertiary/aromatic N) is 1. The molecule has 2 N–H and O–H groups in total. The molecule has 0 unspecified atom stereocenters. The quantitative estimate of drug-likeness (QED) is 0.811. The van der Waals surface area contributed by atoms with E-state index >= 15 is 0 Å². The summed E-state index contributed by atoms with van der Waals surface area (Å²) in [6, 6.07) is 0. The third-order valence-electron chi connectivity index (χ3n) is 1.24. The van der Waals surface area contributed by atoms with Crippen molar-refractivity contribution in [3.8, 4) is 0 Å². The van der Waals surface area contributed by atoms with E-state index in [0.717, 1.165) is 4.48 Å². The first kappa shape index (κ1) is 10.7. The van der Waals surface area contributed by atoms with Crippen molar-refractivity contribution >= 4 is 44.3 Å². The number of nitrogens with one attached hydrogen (secondary N) is 2. The smallest absolute Gasteiger partial charge is 0.266 e. The van der Waals surface area contributed by atoms with Crippen molar-refractivity contribution < 1.29 is 0 Å². The second kappa shape index (κ2) is 4.75.